The molecule has 0 aliphatic heterocycles. The van der Waals surface area contributed by atoms with Gasteiger partial charge in [-0.25, -0.2) is 4.68 Å². The first-order valence-electron chi connectivity index (χ1n) is 8.61. The normalized spacial score (nSPS) is 10.5. The number of hydrogen-bond acceptors (Lipinski definition) is 5. The van der Waals surface area contributed by atoms with Gasteiger partial charge in [-0.1, -0.05) is 60.7 Å². The van der Waals surface area contributed by atoms with Crippen molar-refractivity contribution in [2.24, 2.45) is 0 Å². The average molecular weight is 361 g/mol. The second-order valence-electron chi connectivity index (χ2n) is 5.81. The number of rotatable bonds is 7. The van der Waals surface area contributed by atoms with Crippen LogP contribution < -0.4 is 5.56 Å². The molecule has 6 nitrogen and oxygen atoms in total. The summed E-state index contributed by atoms with van der Waals surface area (Å²) in [6, 6.07) is 20.8. The number of ether oxygens (including phenoxy) is 1. The van der Waals surface area contributed by atoms with Gasteiger partial charge >= 0.3 is 0 Å². The molecule has 1 aromatic heterocycles. The van der Waals surface area contributed by atoms with E-state index in [-0.39, 0.29) is 31.9 Å². The summed E-state index contributed by atoms with van der Waals surface area (Å²) in [5, 5.41) is 23.0. The molecule has 136 valence electrons. The molecule has 27 heavy (non-hydrogen) atoms. The fourth-order valence-corrected chi connectivity index (χ4v) is 2.83. The third-order valence-corrected chi connectivity index (χ3v) is 4.06. The molecule has 0 atom stereocenters. The van der Waals surface area contributed by atoms with E-state index in [1.54, 1.807) is 0 Å². The monoisotopic (exact) mass is 361 g/mol. The minimum Gasteiger partial charge on any atom is -0.394 e. The Morgan fingerprint density at radius 3 is 2.22 bits per heavy atom. The van der Waals surface area contributed by atoms with Crippen LogP contribution in [0.1, 0.15) is 5.56 Å². The summed E-state index contributed by atoms with van der Waals surface area (Å²) in [5.41, 5.74) is 2.28. The minimum atomic E-state index is -0.455. The first-order valence-corrected chi connectivity index (χ1v) is 8.61. The lowest BCUT2D eigenvalue weighted by Gasteiger charge is -2.14. The van der Waals surface area contributed by atoms with Gasteiger partial charge in [-0.15, -0.1) is 0 Å². The molecule has 2 aromatic carbocycles. The van der Waals surface area contributed by atoms with E-state index in [0.717, 1.165) is 11.1 Å². The Balaban J connectivity index is 2.19. The summed E-state index contributed by atoms with van der Waals surface area (Å²) in [6.45, 7) is 0.515. The molecule has 6 heteroatoms. The van der Waals surface area contributed by atoms with Crippen LogP contribution in [0.15, 0.2) is 65.5 Å². The number of hydrogen-bond donors (Lipinski definition) is 1. The van der Waals surface area contributed by atoms with Crippen LogP contribution in [0.3, 0.4) is 0 Å². The minimum absolute atomic E-state index is 0.0530. The van der Waals surface area contributed by atoms with Crippen LogP contribution in [0.25, 0.3) is 22.4 Å². The molecule has 0 fully saturated rings. The van der Waals surface area contributed by atoms with Gasteiger partial charge in [0.2, 0.25) is 0 Å². The molecule has 0 spiro atoms. The van der Waals surface area contributed by atoms with Crippen LogP contribution in [-0.4, -0.2) is 34.7 Å². The maximum atomic E-state index is 12.8. The zero-order valence-electron chi connectivity index (χ0n) is 14.7. The SMILES string of the molecule is N#Cc1c(-c2ccccc2)c(-c2ccccc2)nn(CCOCCO)c1=O. The summed E-state index contributed by atoms with van der Waals surface area (Å²) < 4.78 is 6.50. The molecule has 0 saturated carbocycles. The third-order valence-electron chi connectivity index (χ3n) is 4.06. The first-order chi connectivity index (χ1) is 13.3. The molecule has 0 unspecified atom stereocenters. The highest BCUT2D eigenvalue weighted by Crippen LogP contribution is 2.31. The highest BCUT2D eigenvalue weighted by Gasteiger charge is 2.20. The predicted molar refractivity (Wildman–Crippen MR) is 102 cm³/mol. The number of benzene rings is 2. The molecule has 0 bridgehead atoms. The van der Waals surface area contributed by atoms with E-state index in [4.69, 9.17) is 9.84 Å². The van der Waals surface area contributed by atoms with Gasteiger partial charge in [-0.05, 0) is 5.56 Å². The van der Waals surface area contributed by atoms with E-state index in [9.17, 15) is 10.1 Å². The summed E-state index contributed by atoms with van der Waals surface area (Å²) in [7, 11) is 0. The van der Waals surface area contributed by atoms with Crippen molar-refractivity contribution < 1.29 is 9.84 Å². The van der Waals surface area contributed by atoms with Crippen LogP contribution in [0.2, 0.25) is 0 Å². The van der Waals surface area contributed by atoms with Crippen molar-refractivity contribution in [1.82, 2.24) is 9.78 Å². The smallest absolute Gasteiger partial charge is 0.285 e. The van der Waals surface area contributed by atoms with Crippen molar-refractivity contribution in [3.05, 3.63) is 76.6 Å². The molecule has 0 radical (unpaired) electrons. The lowest BCUT2D eigenvalue weighted by Crippen LogP contribution is -2.29. The topological polar surface area (TPSA) is 88.1 Å². The molecular weight excluding hydrogens is 342 g/mol. The molecule has 0 amide bonds. The van der Waals surface area contributed by atoms with Gasteiger partial charge in [0, 0.05) is 11.1 Å². The second-order valence-corrected chi connectivity index (χ2v) is 5.81. The number of aromatic nitrogens is 2. The lowest BCUT2D eigenvalue weighted by atomic mass is 9.96. The summed E-state index contributed by atoms with van der Waals surface area (Å²) in [5.74, 6) is 0. The Morgan fingerprint density at radius 2 is 1.63 bits per heavy atom. The van der Waals surface area contributed by atoms with Crippen molar-refractivity contribution in [2.45, 2.75) is 6.54 Å². The first kappa shape index (κ1) is 18.5. The number of aliphatic hydroxyl groups is 1. The van der Waals surface area contributed by atoms with Crippen LogP contribution >= 0.6 is 0 Å². The van der Waals surface area contributed by atoms with Crippen LogP contribution in [0.4, 0.5) is 0 Å². The van der Waals surface area contributed by atoms with E-state index in [1.807, 2.05) is 60.7 Å². The van der Waals surface area contributed by atoms with E-state index in [1.165, 1.54) is 4.68 Å². The van der Waals surface area contributed by atoms with E-state index >= 15 is 0 Å². The maximum Gasteiger partial charge on any atom is 0.285 e. The molecule has 1 heterocycles. The van der Waals surface area contributed by atoms with E-state index in [2.05, 4.69) is 11.2 Å². The molecular formula is C21H19N3O3. The van der Waals surface area contributed by atoms with Crippen LogP contribution in [-0.2, 0) is 11.3 Å². The Morgan fingerprint density at radius 1 is 1.00 bits per heavy atom. The van der Waals surface area contributed by atoms with Gasteiger partial charge in [-0.3, -0.25) is 4.79 Å². The van der Waals surface area contributed by atoms with Crippen molar-refractivity contribution in [2.75, 3.05) is 19.8 Å². The van der Waals surface area contributed by atoms with Crippen molar-refractivity contribution in [3.63, 3.8) is 0 Å². The predicted octanol–water partition coefficient (Wildman–Crippen LogP) is 2.46. The van der Waals surface area contributed by atoms with Crippen molar-refractivity contribution >= 4 is 0 Å². The van der Waals surface area contributed by atoms with E-state index < -0.39 is 5.56 Å². The largest absolute Gasteiger partial charge is 0.394 e. The van der Waals surface area contributed by atoms with Gasteiger partial charge in [0.05, 0.1) is 26.4 Å². The average Bonchev–Trinajstić information content (AvgIpc) is 2.73. The van der Waals surface area contributed by atoms with Crippen molar-refractivity contribution in [1.29, 1.82) is 5.26 Å². The van der Waals surface area contributed by atoms with Gasteiger partial charge in [0.15, 0.2) is 0 Å². The highest BCUT2D eigenvalue weighted by molar-refractivity contribution is 5.84. The van der Waals surface area contributed by atoms with Crippen LogP contribution in [0.5, 0.6) is 0 Å². The summed E-state index contributed by atoms with van der Waals surface area (Å²) in [4.78, 5) is 12.8. The molecule has 0 saturated heterocycles. The quantitative estimate of drug-likeness (QED) is 0.653. The number of nitriles is 1. The Hall–Kier alpha value is -3.27. The fourth-order valence-electron chi connectivity index (χ4n) is 2.83. The summed E-state index contributed by atoms with van der Waals surface area (Å²) in [6.07, 6.45) is 0. The molecule has 3 rings (SSSR count). The second kappa shape index (κ2) is 8.90. The van der Waals surface area contributed by atoms with Crippen LogP contribution in [0, 0.1) is 11.3 Å². The molecule has 0 aliphatic rings. The Kier molecular flexibility index (Phi) is 6.10. The summed E-state index contributed by atoms with van der Waals surface area (Å²) >= 11 is 0. The molecule has 0 aliphatic carbocycles. The van der Waals surface area contributed by atoms with E-state index in [0.29, 0.717) is 11.3 Å². The lowest BCUT2D eigenvalue weighted by molar-refractivity contribution is 0.0847. The van der Waals surface area contributed by atoms with Gasteiger partial charge in [0.25, 0.3) is 5.56 Å². The molecule has 1 N–H and O–H groups in total. The van der Waals surface area contributed by atoms with Gasteiger partial charge in [-0.2, -0.15) is 10.4 Å². The Labute approximate surface area is 156 Å². The zero-order chi connectivity index (χ0) is 19.1. The number of aliphatic hydroxyl groups excluding tert-OH is 1. The maximum absolute atomic E-state index is 12.8. The fraction of sp³-hybridized carbons (Fsp3) is 0.190. The molecule has 3 aromatic rings. The number of nitrogens with zero attached hydrogens (tertiary/aromatic N) is 3. The highest BCUT2D eigenvalue weighted by atomic mass is 16.5. The standard InChI is InChI=1S/C21H19N3O3/c22-15-18-19(16-7-3-1-4-8-16)20(17-9-5-2-6-10-17)23-24(21(18)26)11-13-27-14-12-25/h1-10,25H,11-14H2. The zero-order valence-corrected chi connectivity index (χ0v) is 14.7. The van der Waals surface area contributed by atoms with Crippen molar-refractivity contribution in [3.8, 4) is 28.5 Å². The van der Waals surface area contributed by atoms with Gasteiger partial charge in [0.1, 0.15) is 17.3 Å². The Bertz CT molecular complexity index is 993. The third kappa shape index (κ3) is 4.11. The van der Waals surface area contributed by atoms with Gasteiger partial charge < -0.3 is 9.84 Å².